The van der Waals surface area contributed by atoms with Gasteiger partial charge in [0.1, 0.15) is 11.5 Å². The molecule has 0 aliphatic rings. The Morgan fingerprint density at radius 3 is 2.94 bits per heavy atom. The van der Waals surface area contributed by atoms with Gasteiger partial charge in [0.25, 0.3) is 0 Å². The van der Waals surface area contributed by atoms with Crippen LogP contribution in [0.15, 0.2) is 26.9 Å². The molecule has 0 aliphatic heterocycles. The van der Waals surface area contributed by atoms with Crippen LogP contribution in [0.3, 0.4) is 0 Å². The maximum absolute atomic E-state index is 5.58. The number of guanidine groups is 1. The monoisotopic (exact) mass is 251 g/mol. The number of nitrogens with zero attached hydrogens (tertiary/aromatic N) is 2. The number of rotatable bonds is 4. The summed E-state index contributed by atoms with van der Waals surface area (Å²) in [5, 5.41) is 2.35. The maximum Gasteiger partial charge on any atom is 0.212 e. The van der Waals surface area contributed by atoms with Gasteiger partial charge in [0, 0.05) is 11.8 Å². The summed E-state index contributed by atoms with van der Waals surface area (Å²) in [6.07, 6.45) is 0.713. The quantitative estimate of drug-likeness (QED) is 0.549. The lowest BCUT2D eigenvalue weighted by atomic mass is 10.3. The fraction of sp³-hybridized carbons (Fsp3) is 0.200. The van der Waals surface area contributed by atoms with Crippen molar-refractivity contribution < 1.29 is 4.42 Å². The van der Waals surface area contributed by atoms with Crippen molar-refractivity contribution in [2.75, 3.05) is 6.54 Å². The molecule has 0 atom stereocenters. The first kappa shape index (κ1) is 11.6. The second-order valence-corrected chi connectivity index (χ2v) is 4.19. The van der Waals surface area contributed by atoms with Crippen LogP contribution in [0.1, 0.15) is 5.76 Å². The van der Waals surface area contributed by atoms with Gasteiger partial charge in [-0.2, -0.15) is 4.99 Å². The molecule has 6 N–H and O–H groups in total. The van der Waals surface area contributed by atoms with Crippen LogP contribution in [0.5, 0.6) is 0 Å². The molecule has 0 spiro atoms. The summed E-state index contributed by atoms with van der Waals surface area (Å²) in [6, 6.07) is 3.75. The number of hydrogen-bond acceptors (Lipinski definition) is 5. The molecule has 6 nitrogen and oxygen atoms in total. The van der Waals surface area contributed by atoms with Crippen LogP contribution in [0.25, 0.3) is 11.5 Å². The minimum Gasteiger partial charge on any atom is -0.459 e. The molecule has 0 saturated heterocycles. The Morgan fingerprint density at radius 2 is 2.24 bits per heavy atom. The van der Waals surface area contributed by atoms with E-state index in [0.717, 1.165) is 11.5 Å². The smallest absolute Gasteiger partial charge is 0.212 e. The topological polar surface area (TPSA) is 116 Å². The van der Waals surface area contributed by atoms with Crippen molar-refractivity contribution in [1.29, 1.82) is 0 Å². The molecule has 2 rings (SSSR count). The molecule has 2 aromatic rings. The molecule has 0 unspecified atom stereocenters. The van der Waals surface area contributed by atoms with Gasteiger partial charge in [-0.1, -0.05) is 0 Å². The zero-order valence-electron chi connectivity index (χ0n) is 9.09. The SMILES string of the molecule is NCCc1ccc(-c2csc(N=C(N)N)n2)o1. The number of thiazole rings is 1. The molecule has 7 heteroatoms. The van der Waals surface area contributed by atoms with Gasteiger partial charge in [0.15, 0.2) is 11.7 Å². The van der Waals surface area contributed by atoms with Gasteiger partial charge in [0.2, 0.25) is 5.13 Å². The van der Waals surface area contributed by atoms with Crippen molar-refractivity contribution in [2.24, 2.45) is 22.2 Å². The highest BCUT2D eigenvalue weighted by molar-refractivity contribution is 7.13. The van der Waals surface area contributed by atoms with E-state index in [4.69, 9.17) is 21.6 Å². The van der Waals surface area contributed by atoms with Crippen molar-refractivity contribution in [1.82, 2.24) is 4.98 Å². The summed E-state index contributed by atoms with van der Waals surface area (Å²) in [7, 11) is 0. The van der Waals surface area contributed by atoms with Crippen LogP contribution < -0.4 is 17.2 Å². The second-order valence-electron chi connectivity index (χ2n) is 3.36. The minimum absolute atomic E-state index is 0.00540. The van der Waals surface area contributed by atoms with Crippen LogP contribution in [0.4, 0.5) is 5.13 Å². The van der Waals surface area contributed by atoms with Gasteiger partial charge < -0.3 is 21.6 Å². The molecular formula is C10H13N5OS. The molecule has 0 aliphatic carbocycles. The van der Waals surface area contributed by atoms with E-state index in [-0.39, 0.29) is 5.96 Å². The summed E-state index contributed by atoms with van der Waals surface area (Å²) in [5.41, 5.74) is 16.7. The fourth-order valence-corrected chi connectivity index (χ4v) is 2.03. The standard InChI is InChI=1S/C10H13N5OS/c11-4-3-6-1-2-8(16-6)7-5-17-10(14-7)15-9(12)13/h1-2,5H,3-4,11H2,(H4,12,13,14,15). The van der Waals surface area contributed by atoms with Crippen molar-refractivity contribution >= 4 is 22.4 Å². The molecule has 0 fully saturated rings. The highest BCUT2D eigenvalue weighted by Crippen LogP contribution is 2.27. The highest BCUT2D eigenvalue weighted by Gasteiger charge is 2.08. The Balaban J connectivity index is 2.21. The zero-order chi connectivity index (χ0) is 12.3. The fourth-order valence-electron chi connectivity index (χ4n) is 1.33. The molecule has 17 heavy (non-hydrogen) atoms. The Hall–Kier alpha value is -1.86. The van der Waals surface area contributed by atoms with Gasteiger partial charge in [0.05, 0.1) is 0 Å². The third-order valence-corrected chi connectivity index (χ3v) is 2.76. The third-order valence-electron chi connectivity index (χ3n) is 2.02. The van der Waals surface area contributed by atoms with Crippen molar-refractivity contribution in [3.8, 4) is 11.5 Å². The van der Waals surface area contributed by atoms with Crippen molar-refractivity contribution in [3.63, 3.8) is 0 Å². The molecule has 0 aromatic carbocycles. The lowest BCUT2D eigenvalue weighted by molar-refractivity contribution is 0.522. The van der Waals surface area contributed by atoms with E-state index in [2.05, 4.69) is 9.98 Å². The summed E-state index contributed by atoms with van der Waals surface area (Å²) in [5.74, 6) is 1.54. The largest absolute Gasteiger partial charge is 0.459 e. The highest BCUT2D eigenvalue weighted by atomic mass is 32.1. The lowest BCUT2D eigenvalue weighted by Crippen LogP contribution is -2.21. The summed E-state index contributed by atoms with van der Waals surface area (Å²) in [4.78, 5) is 8.11. The zero-order valence-corrected chi connectivity index (χ0v) is 9.91. The third kappa shape index (κ3) is 2.83. The number of nitrogens with two attached hydrogens (primary N) is 3. The van der Waals surface area contributed by atoms with E-state index in [1.807, 2.05) is 17.5 Å². The maximum atomic E-state index is 5.58. The second kappa shape index (κ2) is 4.98. The van der Waals surface area contributed by atoms with E-state index in [1.54, 1.807) is 0 Å². The Labute approximate surface area is 102 Å². The number of aliphatic imine (C=N–C) groups is 1. The molecule has 2 heterocycles. The predicted molar refractivity (Wildman–Crippen MR) is 68.0 cm³/mol. The summed E-state index contributed by atoms with van der Waals surface area (Å²) >= 11 is 1.35. The van der Waals surface area contributed by atoms with E-state index in [0.29, 0.717) is 23.9 Å². The van der Waals surface area contributed by atoms with Gasteiger partial charge in [-0.25, -0.2) is 4.98 Å². The number of aromatic nitrogens is 1. The van der Waals surface area contributed by atoms with Crippen molar-refractivity contribution in [3.05, 3.63) is 23.3 Å². The predicted octanol–water partition coefficient (Wildman–Crippen LogP) is 0.809. The normalized spacial score (nSPS) is 10.4. The number of hydrogen-bond donors (Lipinski definition) is 3. The van der Waals surface area contributed by atoms with Crippen LogP contribution in [0.2, 0.25) is 0 Å². The first-order valence-electron chi connectivity index (χ1n) is 5.03. The minimum atomic E-state index is -0.00540. The van der Waals surface area contributed by atoms with Crippen LogP contribution >= 0.6 is 11.3 Å². The average molecular weight is 251 g/mol. The van der Waals surface area contributed by atoms with Gasteiger partial charge in [-0.05, 0) is 18.7 Å². The molecule has 90 valence electrons. The van der Waals surface area contributed by atoms with Crippen LogP contribution in [-0.4, -0.2) is 17.5 Å². The first-order valence-corrected chi connectivity index (χ1v) is 5.91. The molecule has 0 amide bonds. The molecule has 0 saturated carbocycles. The van der Waals surface area contributed by atoms with E-state index in [9.17, 15) is 0 Å². The number of furan rings is 1. The molecule has 0 radical (unpaired) electrons. The molecular weight excluding hydrogens is 238 g/mol. The average Bonchev–Trinajstić information content (AvgIpc) is 2.86. The van der Waals surface area contributed by atoms with Crippen LogP contribution in [0, 0.1) is 0 Å². The van der Waals surface area contributed by atoms with Crippen LogP contribution in [-0.2, 0) is 6.42 Å². The van der Waals surface area contributed by atoms with E-state index < -0.39 is 0 Å². The summed E-state index contributed by atoms with van der Waals surface area (Å²) in [6.45, 7) is 0.559. The first-order chi connectivity index (χ1) is 8.19. The Bertz CT molecular complexity index is 526. The van der Waals surface area contributed by atoms with E-state index in [1.165, 1.54) is 11.3 Å². The van der Waals surface area contributed by atoms with E-state index >= 15 is 0 Å². The Kier molecular flexibility index (Phi) is 3.40. The van der Waals surface area contributed by atoms with Gasteiger partial charge >= 0.3 is 0 Å². The summed E-state index contributed by atoms with van der Waals surface area (Å²) < 4.78 is 5.58. The Morgan fingerprint density at radius 1 is 1.41 bits per heavy atom. The van der Waals surface area contributed by atoms with Gasteiger partial charge in [-0.3, -0.25) is 0 Å². The molecule has 0 bridgehead atoms. The lowest BCUT2D eigenvalue weighted by Gasteiger charge is -1.91. The molecule has 2 aromatic heterocycles. The van der Waals surface area contributed by atoms with Crippen molar-refractivity contribution in [2.45, 2.75) is 6.42 Å². The van der Waals surface area contributed by atoms with Gasteiger partial charge in [-0.15, -0.1) is 11.3 Å².